The van der Waals surface area contributed by atoms with Crippen molar-refractivity contribution in [3.05, 3.63) is 11.9 Å². The summed E-state index contributed by atoms with van der Waals surface area (Å²) in [7, 11) is 0. The molecule has 8 nitrogen and oxygen atoms in total. The van der Waals surface area contributed by atoms with E-state index in [4.69, 9.17) is 9.84 Å². The second-order valence-electron chi connectivity index (χ2n) is 5.08. The highest BCUT2D eigenvalue weighted by atomic mass is 16.6. The maximum absolute atomic E-state index is 11.4. The van der Waals surface area contributed by atoms with E-state index in [2.05, 4.69) is 16.3 Å². The Kier molecular flexibility index (Phi) is 4.99. The van der Waals surface area contributed by atoms with Gasteiger partial charge in [0.1, 0.15) is 5.60 Å². The van der Waals surface area contributed by atoms with Crippen molar-refractivity contribution in [3.63, 3.8) is 0 Å². The van der Waals surface area contributed by atoms with Crippen LogP contribution in [0.15, 0.2) is 11.9 Å². The van der Waals surface area contributed by atoms with Gasteiger partial charge in [-0.3, -0.25) is 9.80 Å². The van der Waals surface area contributed by atoms with Crippen LogP contribution in [0.3, 0.4) is 0 Å². The van der Waals surface area contributed by atoms with E-state index in [-0.39, 0.29) is 6.42 Å². The first-order chi connectivity index (χ1) is 8.76. The van der Waals surface area contributed by atoms with Gasteiger partial charge in [0, 0.05) is 12.7 Å². The summed E-state index contributed by atoms with van der Waals surface area (Å²) in [6.07, 6.45) is 1.09. The Morgan fingerprint density at radius 2 is 2.16 bits per heavy atom. The number of amides is 1. The fraction of sp³-hybridized carbons (Fsp3) is 0.636. The topological polar surface area (TPSA) is 103 Å². The average Bonchev–Trinajstić information content (AvgIpc) is 2.61. The Morgan fingerprint density at radius 3 is 2.74 bits per heavy atom. The average molecular weight is 272 g/mol. The molecule has 1 rings (SSSR count). The van der Waals surface area contributed by atoms with Crippen molar-refractivity contribution in [1.29, 1.82) is 0 Å². The zero-order valence-corrected chi connectivity index (χ0v) is 11.3. The monoisotopic (exact) mass is 272 g/mol. The van der Waals surface area contributed by atoms with Crippen LogP contribution in [0.4, 0.5) is 4.79 Å². The van der Waals surface area contributed by atoms with Crippen LogP contribution >= 0.6 is 0 Å². The van der Waals surface area contributed by atoms with Crippen LogP contribution in [-0.2, 0) is 9.53 Å². The Hall–Kier alpha value is -1.96. The van der Waals surface area contributed by atoms with E-state index < -0.39 is 17.7 Å². The molecule has 0 unspecified atom stereocenters. The quantitative estimate of drug-likeness (QED) is 0.565. The Morgan fingerprint density at radius 1 is 1.47 bits per heavy atom. The highest BCUT2D eigenvalue weighted by Crippen LogP contribution is 2.06. The van der Waals surface area contributed by atoms with E-state index in [1.165, 1.54) is 0 Å². The second kappa shape index (κ2) is 6.28. The molecular formula is C11H20N4O4. The summed E-state index contributed by atoms with van der Waals surface area (Å²) in [4.78, 5) is 21.9. The molecule has 0 aliphatic carbocycles. The van der Waals surface area contributed by atoms with Crippen LogP contribution in [0.2, 0.25) is 0 Å². The third kappa shape index (κ3) is 6.51. The van der Waals surface area contributed by atoms with Crippen LogP contribution in [-0.4, -0.2) is 40.9 Å². The predicted octanol–water partition coefficient (Wildman–Crippen LogP) is 0.152. The minimum Gasteiger partial charge on any atom is -0.481 e. The number of carbonyl (C=O) groups is 2. The first-order valence-corrected chi connectivity index (χ1v) is 5.94. The van der Waals surface area contributed by atoms with Crippen molar-refractivity contribution < 1.29 is 19.4 Å². The van der Waals surface area contributed by atoms with Crippen molar-refractivity contribution in [3.8, 4) is 0 Å². The molecule has 0 bridgehead atoms. The van der Waals surface area contributed by atoms with E-state index in [1.54, 1.807) is 32.0 Å². The van der Waals surface area contributed by atoms with Crippen LogP contribution in [0.5, 0.6) is 0 Å². The number of hydrazine groups is 2. The van der Waals surface area contributed by atoms with Gasteiger partial charge in [0.2, 0.25) is 0 Å². The summed E-state index contributed by atoms with van der Waals surface area (Å²) < 4.78 is 5.08. The van der Waals surface area contributed by atoms with Gasteiger partial charge in [-0.05, 0) is 20.8 Å². The molecule has 1 amide bonds. The lowest BCUT2D eigenvalue weighted by Gasteiger charge is -2.20. The molecule has 0 radical (unpaired) electrons. The largest absolute Gasteiger partial charge is 0.481 e. The van der Waals surface area contributed by atoms with E-state index in [1.807, 2.05) is 0 Å². The van der Waals surface area contributed by atoms with Crippen molar-refractivity contribution in [1.82, 2.24) is 21.3 Å². The lowest BCUT2D eigenvalue weighted by Crippen LogP contribution is -2.42. The number of rotatable bonds is 5. The molecule has 1 aliphatic rings. The van der Waals surface area contributed by atoms with Crippen LogP contribution < -0.4 is 16.3 Å². The molecule has 0 saturated heterocycles. The molecular weight excluding hydrogens is 252 g/mol. The Balaban J connectivity index is 2.22. The lowest BCUT2D eigenvalue weighted by molar-refractivity contribution is -0.136. The normalized spacial score (nSPS) is 14.7. The summed E-state index contributed by atoms with van der Waals surface area (Å²) in [5.74, 6) is -0.908. The van der Waals surface area contributed by atoms with Gasteiger partial charge in [0.25, 0.3) is 0 Å². The maximum atomic E-state index is 11.4. The lowest BCUT2D eigenvalue weighted by atomic mass is 10.2. The summed E-state index contributed by atoms with van der Waals surface area (Å²) in [5.41, 5.74) is 5.53. The summed E-state index contributed by atoms with van der Waals surface area (Å²) in [6, 6.07) is 0. The highest BCUT2D eigenvalue weighted by molar-refractivity contribution is 5.69. The highest BCUT2D eigenvalue weighted by Gasteiger charge is 2.17. The number of alkyl carbamates (subject to hydrolysis) is 1. The maximum Gasteiger partial charge on any atom is 0.407 e. The van der Waals surface area contributed by atoms with E-state index in [9.17, 15) is 9.59 Å². The van der Waals surface area contributed by atoms with Gasteiger partial charge >= 0.3 is 12.1 Å². The summed E-state index contributed by atoms with van der Waals surface area (Å²) in [5, 5.41) is 12.9. The van der Waals surface area contributed by atoms with Gasteiger partial charge in [0.05, 0.1) is 18.7 Å². The molecule has 0 fully saturated rings. The number of aliphatic carboxylic acids is 1. The van der Waals surface area contributed by atoms with Crippen LogP contribution in [0.1, 0.15) is 27.2 Å². The van der Waals surface area contributed by atoms with Gasteiger partial charge in [-0.15, -0.1) is 5.53 Å². The van der Waals surface area contributed by atoms with Gasteiger partial charge in [-0.1, -0.05) is 0 Å². The summed E-state index contributed by atoms with van der Waals surface area (Å²) >= 11 is 0. The SMILES string of the molecule is CC(C)(C)OC(=O)NCCN1C=C(CC(=O)O)NN1. The molecule has 0 spiro atoms. The number of carbonyl (C=O) groups excluding carboxylic acids is 1. The number of carboxylic acids is 1. The molecule has 108 valence electrons. The third-order valence-electron chi connectivity index (χ3n) is 2.03. The zero-order chi connectivity index (χ0) is 14.5. The smallest absolute Gasteiger partial charge is 0.407 e. The van der Waals surface area contributed by atoms with Crippen molar-refractivity contribution in [2.75, 3.05) is 13.1 Å². The fourth-order valence-electron chi connectivity index (χ4n) is 1.36. The van der Waals surface area contributed by atoms with Gasteiger partial charge in [0.15, 0.2) is 0 Å². The molecule has 0 aromatic heterocycles. The predicted molar refractivity (Wildman–Crippen MR) is 67.5 cm³/mol. The van der Waals surface area contributed by atoms with Crippen molar-refractivity contribution >= 4 is 12.1 Å². The molecule has 0 aromatic rings. The molecule has 0 saturated carbocycles. The molecule has 1 heterocycles. The van der Waals surface area contributed by atoms with Crippen molar-refractivity contribution in [2.45, 2.75) is 32.8 Å². The van der Waals surface area contributed by atoms with Crippen molar-refractivity contribution in [2.24, 2.45) is 0 Å². The first kappa shape index (κ1) is 15.1. The molecule has 4 N–H and O–H groups in total. The minimum absolute atomic E-state index is 0.0804. The summed E-state index contributed by atoms with van der Waals surface area (Å²) in [6.45, 7) is 6.23. The van der Waals surface area contributed by atoms with Gasteiger partial charge in [-0.25, -0.2) is 4.79 Å². The van der Waals surface area contributed by atoms with Gasteiger partial charge < -0.3 is 20.6 Å². The number of ether oxygens (including phenoxy) is 1. The fourth-order valence-corrected chi connectivity index (χ4v) is 1.36. The minimum atomic E-state index is -0.908. The molecule has 1 aliphatic heterocycles. The zero-order valence-electron chi connectivity index (χ0n) is 11.3. The number of nitrogens with zero attached hydrogens (tertiary/aromatic N) is 1. The standard InChI is InChI=1S/C11H20N4O4/c1-11(2,3)19-10(18)12-4-5-15-7-8(13-14-15)6-9(16)17/h7,13-14H,4-6H2,1-3H3,(H,12,18)(H,16,17). The number of hydrogen-bond acceptors (Lipinski definition) is 6. The number of hydrogen-bond donors (Lipinski definition) is 4. The second-order valence-corrected chi connectivity index (χ2v) is 5.08. The molecule has 0 atom stereocenters. The van der Waals surface area contributed by atoms with E-state index >= 15 is 0 Å². The molecule has 0 aromatic carbocycles. The first-order valence-electron chi connectivity index (χ1n) is 5.94. The molecule has 19 heavy (non-hydrogen) atoms. The van der Waals surface area contributed by atoms with Gasteiger partial charge in [-0.2, -0.15) is 0 Å². The third-order valence-corrected chi connectivity index (χ3v) is 2.03. The Labute approximate surface area is 111 Å². The van der Waals surface area contributed by atoms with E-state index in [0.717, 1.165) is 0 Å². The Bertz CT molecular complexity index is 375. The van der Waals surface area contributed by atoms with E-state index in [0.29, 0.717) is 18.8 Å². The number of carboxylic acid groups (broad SMARTS) is 1. The van der Waals surface area contributed by atoms with Crippen LogP contribution in [0.25, 0.3) is 0 Å². The number of nitrogens with one attached hydrogen (secondary N) is 3. The van der Waals surface area contributed by atoms with Crippen LogP contribution in [0, 0.1) is 0 Å². The molecule has 8 heteroatoms.